The van der Waals surface area contributed by atoms with Crippen LogP contribution in [-0.4, -0.2) is 10.9 Å². The van der Waals surface area contributed by atoms with Gasteiger partial charge < -0.3 is 9.52 Å². The van der Waals surface area contributed by atoms with Crippen molar-refractivity contribution >= 4 is 22.8 Å². The Bertz CT molecular complexity index is 1050. The molecule has 0 aliphatic carbocycles. The van der Waals surface area contributed by atoms with Gasteiger partial charge in [0.1, 0.15) is 16.9 Å². The summed E-state index contributed by atoms with van der Waals surface area (Å²) in [6.45, 7) is 2.15. The number of allylic oxidation sites excluding steroid dienone is 1. The maximum atomic E-state index is 12.5. The van der Waals surface area contributed by atoms with Crippen LogP contribution in [0.2, 0.25) is 0 Å². The first-order valence-corrected chi connectivity index (χ1v) is 9.65. The summed E-state index contributed by atoms with van der Waals surface area (Å²) in [4.78, 5) is 24.7. The highest BCUT2D eigenvalue weighted by Gasteiger charge is 2.13. The molecule has 0 fully saturated rings. The molecule has 3 aromatic rings. The first kappa shape index (κ1) is 19.6. The molecule has 0 spiro atoms. The van der Waals surface area contributed by atoms with Crippen LogP contribution in [0.5, 0.6) is 5.75 Å². The number of carbonyl (C=O) groups is 1. The fraction of sp³-hybridized carbons (Fsp3) is 0.250. The van der Waals surface area contributed by atoms with Crippen LogP contribution in [-0.2, 0) is 6.42 Å². The van der Waals surface area contributed by atoms with Crippen molar-refractivity contribution < 1.29 is 14.3 Å². The summed E-state index contributed by atoms with van der Waals surface area (Å²) in [6.07, 6.45) is 8.19. The zero-order valence-corrected chi connectivity index (χ0v) is 16.0. The van der Waals surface area contributed by atoms with Crippen molar-refractivity contribution in [3.05, 3.63) is 81.7 Å². The van der Waals surface area contributed by atoms with E-state index < -0.39 is 11.4 Å². The van der Waals surface area contributed by atoms with E-state index in [1.54, 1.807) is 18.2 Å². The number of hydrogen-bond donors (Lipinski definition) is 1. The standard InChI is InChI=1S/C24H24O4/c1-2-3-4-8-11-18-14-19-15-20(24(27)28-23(19)16-22(18)26)21(25)13-12-17-9-6-5-7-10-17/h5-7,9-10,12-16,26H,2-4,8,11H2,1H3/b13-12+. The van der Waals surface area contributed by atoms with Gasteiger partial charge in [-0.2, -0.15) is 0 Å². The van der Waals surface area contributed by atoms with E-state index in [0.717, 1.165) is 43.2 Å². The quantitative estimate of drug-likeness (QED) is 0.243. The minimum atomic E-state index is -0.703. The third-order valence-corrected chi connectivity index (χ3v) is 4.73. The number of carbonyl (C=O) groups excluding carboxylic acids is 1. The highest BCUT2D eigenvalue weighted by molar-refractivity contribution is 6.07. The third kappa shape index (κ3) is 4.77. The number of aryl methyl sites for hydroxylation is 1. The Morgan fingerprint density at radius 3 is 2.61 bits per heavy atom. The van der Waals surface area contributed by atoms with Crippen molar-refractivity contribution in [3.63, 3.8) is 0 Å². The lowest BCUT2D eigenvalue weighted by atomic mass is 10.0. The van der Waals surface area contributed by atoms with Crippen molar-refractivity contribution in [2.75, 3.05) is 0 Å². The van der Waals surface area contributed by atoms with E-state index in [1.807, 2.05) is 30.3 Å². The molecule has 2 aromatic carbocycles. The van der Waals surface area contributed by atoms with Crippen LogP contribution in [0.15, 0.2) is 63.8 Å². The molecular weight excluding hydrogens is 352 g/mol. The van der Waals surface area contributed by atoms with Crippen molar-refractivity contribution in [1.82, 2.24) is 0 Å². The number of aromatic hydroxyl groups is 1. The Balaban J connectivity index is 1.87. The van der Waals surface area contributed by atoms with Crippen LogP contribution < -0.4 is 5.63 Å². The highest BCUT2D eigenvalue weighted by atomic mass is 16.4. The lowest BCUT2D eigenvalue weighted by Crippen LogP contribution is -2.12. The molecule has 4 nitrogen and oxygen atoms in total. The van der Waals surface area contributed by atoms with E-state index in [-0.39, 0.29) is 16.9 Å². The lowest BCUT2D eigenvalue weighted by molar-refractivity contribution is 0.104. The number of ketones is 1. The second-order valence-corrected chi connectivity index (χ2v) is 6.89. The molecule has 0 aliphatic rings. The van der Waals surface area contributed by atoms with Crippen LogP contribution >= 0.6 is 0 Å². The number of unbranched alkanes of at least 4 members (excludes halogenated alkanes) is 3. The van der Waals surface area contributed by atoms with Crippen molar-refractivity contribution in [2.24, 2.45) is 0 Å². The third-order valence-electron chi connectivity index (χ3n) is 4.73. The minimum Gasteiger partial charge on any atom is -0.508 e. The Hall–Kier alpha value is -3.14. The number of rotatable bonds is 8. The van der Waals surface area contributed by atoms with E-state index in [9.17, 15) is 14.7 Å². The summed E-state index contributed by atoms with van der Waals surface area (Å²) in [5, 5.41) is 10.8. The van der Waals surface area contributed by atoms with Crippen LogP contribution in [0.4, 0.5) is 0 Å². The van der Waals surface area contributed by atoms with Crippen LogP contribution in [0.3, 0.4) is 0 Å². The molecule has 0 bridgehead atoms. The van der Waals surface area contributed by atoms with E-state index in [1.165, 1.54) is 12.1 Å². The Morgan fingerprint density at radius 1 is 1.07 bits per heavy atom. The molecule has 0 saturated carbocycles. The molecule has 3 rings (SSSR count). The predicted octanol–water partition coefficient (Wildman–Crippen LogP) is 5.52. The number of phenols is 1. The Labute approximate surface area is 164 Å². The van der Waals surface area contributed by atoms with Crippen LogP contribution in [0.1, 0.15) is 54.1 Å². The Kier molecular flexibility index (Phi) is 6.43. The smallest absolute Gasteiger partial charge is 0.347 e. The number of hydrogen-bond acceptors (Lipinski definition) is 4. The molecule has 0 unspecified atom stereocenters. The van der Waals surface area contributed by atoms with Gasteiger partial charge in [0.05, 0.1) is 0 Å². The molecule has 0 amide bonds. The van der Waals surface area contributed by atoms with E-state index in [0.29, 0.717) is 5.39 Å². The van der Waals surface area contributed by atoms with E-state index in [4.69, 9.17) is 4.42 Å². The maximum absolute atomic E-state index is 12.5. The first-order chi connectivity index (χ1) is 13.6. The molecule has 0 atom stereocenters. The molecule has 1 aromatic heterocycles. The topological polar surface area (TPSA) is 67.5 Å². The maximum Gasteiger partial charge on any atom is 0.347 e. The molecule has 0 radical (unpaired) electrons. The monoisotopic (exact) mass is 376 g/mol. The van der Waals surface area contributed by atoms with Gasteiger partial charge in [0, 0.05) is 11.5 Å². The Morgan fingerprint density at radius 2 is 1.86 bits per heavy atom. The van der Waals surface area contributed by atoms with Crippen molar-refractivity contribution in [2.45, 2.75) is 39.0 Å². The molecule has 0 saturated heterocycles. The van der Waals surface area contributed by atoms with Crippen molar-refractivity contribution in [1.29, 1.82) is 0 Å². The summed E-state index contributed by atoms with van der Waals surface area (Å²) in [5.74, 6) is -0.285. The average molecular weight is 376 g/mol. The number of fused-ring (bicyclic) bond motifs is 1. The molecule has 1 N–H and O–H groups in total. The summed E-state index contributed by atoms with van der Waals surface area (Å²) >= 11 is 0. The van der Waals surface area contributed by atoms with Gasteiger partial charge in [0.15, 0.2) is 5.78 Å². The zero-order valence-electron chi connectivity index (χ0n) is 16.0. The van der Waals surface area contributed by atoms with Gasteiger partial charge >= 0.3 is 5.63 Å². The van der Waals surface area contributed by atoms with E-state index in [2.05, 4.69) is 6.92 Å². The molecule has 144 valence electrons. The lowest BCUT2D eigenvalue weighted by Gasteiger charge is -2.07. The van der Waals surface area contributed by atoms with Gasteiger partial charge in [-0.3, -0.25) is 4.79 Å². The minimum absolute atomic E-state index is 0.0118. The molecule has 0 aliphatic heterocycles. The number of benzene rings is 2. The fourth-order valence-corrected chi connectivity index (χ4v) is 3.14. The molecule has 4 heteroatoms. The van der Waals surface area contributed by atoms with Crippen LogP contribution in [0, 0.1) is 0 Å². The molecule has 28 heavy (non-hydrogen) atoms. The second kappa shape index (κ2) is 9.18. The average Bonchev–Trinajstić information content (AvgIpc) is 2.70. The predicted molar refractivity (Wildman–Crippen MR) is 112 cm³/mol. The van der Waals surface area contributed by atoms with Crippen LogP contribution in [0.25, 0.3) is 17.0 Å². The molecular formula is C24H24O4. The fourth-order valence-electron chi connectivity index (χ4n) is 3.14. The summed E-state index contributed by atoms with van der Waals surface area (Å²) < 4.78 is 5.27. The van der Waals surface area contributed by atoms with Gasteiger partial charge in [-0.15, -0.1) is 0 Å². The van der Waals surface area contributed by atoms with Gasteiger partial charge in [0.2, 0.25) is 0 Å². The summed E-state index contributed by atoms with van der Waals surface area (Å²) in [6, 6.07) is 14.2. The van der Waals surface area contributed by atoms with Gasteiger partial charge in [-0.1, -0.05) is 62.6 Å². The van der Waals surface area contributed by atoms with Gasteiger partial charge in [0.25, 0.3) is 0 Å². The SMILES string of the molecule is CCCCCCc1cc2cc(C(=O)/C=C/c3ccccc3)c(=O)oc2cc1O. The largest absolute Gasteiger partial charge is 0.508 e. The number of phenolic OH excluding ortho intramolecular Hbond substituents is 1. The van der Waals surface area contributed by atoms with Crippen molar-refractivity contribution in [3.8, 4) is 5.75 Å². The highest BCUT2D eigenvalue weighted by Crippen LogP contribution is 2.26. The van der Waals surface area contributed by atoms with Gasteiger partial charge in [-0.05, 0) is 42.2 Å². The normalized spacial score (nSPS) is 11.3. The summed E-state index contributed by atoms with van der Waals surface area (Å²) in [5.41, 5.74) is 1.24. The summed E-state index contributed by atoms with van der Waals surface area (Å²) in [7, 11) is 0. The zero-order chi connectivity index (χ0) is 19.9. The molecule has 1 heterocycles. The second-order valence-electron chi connectivity index (χ2n) is 6.89. The van der Waals surface area contributed by atoms with Gasteiger partial charge in [-0.25, -0.2) is 4.79 Å². The van der Waals surface area contributed by atoms with E-state index >= 15 is 0 Å². The first-order valence-electron chi connectivity index (χ1n) is 9.65.